The number of aryl methyl sites for hydroxylation is 3. The Kier molecular flexibility index (Phi) is 4.95. The molecule has 130 valence electrons. The van der Waals surface area contributed by atoms with Gasteiger partial charge in [-0.05, 0) is 56.2 Å². The molecule has 1 N–H and O–H groups in total. The van der Waals surface area contributed by atoms with Crippen molar-refractivity contribution < 1.29 is 9.59 Å². The highest BCUT2D eigenvalue weighted by Gasteiger charge is 2.35. The van der Waals surface area contributed by atoms with E-state index in [2.05, 4.69) is 21.2 Å². The molecule has 0 aromatic heterocycles. The van der Waals surface area contributed by atoms with E-state index in [0.29, 0.717) is 6.54 Å². The second kappa shape index (κ2) is 7.00. The third-order valence-corrected chi connectivity index (χ3v) is 5.04. The maximum absolute atomic E-state index is 12.7. The molecular weight excluding hydrogens is 380 g/mol. The Bertz CT molecular complexity index is 807. The number of nitrogens with one attached hydrogen (secondary N) is 1. The summed E-state index contributed by atoms with van der Waals surface area (Å²) in [6.45, 7) is 6.36. The molecule has 1 atom stereocenters. The van der Waals surface area contributed by atoms with E-state index in [9.17, 15) is 9.59 Å². The average molecular weight is 401 g/mol. The van der Waals surface area contributed by atoms with E-state index >= 15 is 0 Å². The number of amides is 2. The van der Waals surface area contributed by atoms with Crippen molar-refractivity contribution in [3.8, 4) is 0 Å². The lowest BCUT2D eigenvalue weighted by atomic mass is 10.1. The molecule has 2 aromatic carbocycles. The molecule has 0 aliphatic carbocycles. The summed E-state index contributed by atoms with van der Waals surface area (Å²) in [7, 11) is 0. The van der Waals surface area contributed by atoms with Crippen molar-refractivity contribution in [1.29, 1.82) is 0 Å². The molecule has 2 aromatic rings. The van der Waals surface area contributed by atoms with Crippen molar-refractivity contribution in [2.75, 3.05) is 16.8 Å². The van der Waals surface area contributed by atoms with E-state index in [1.54, 1.807) is 4.90 Å². The van der Waals surface area contributed by atoms with Crippen molar-refractivity contribution in [3.63, 3.8) is 0 Å². The molecule has 0 spiro atoms. The van der Waals surface area contributed by atoms with Gasteiger partial charge < -0.3 is 10.2 Å². The Hall–Kier alpha value is -2.14. The fourth-order valence-electron chi connectivity index (χ4n) is 3.19. The highest BCUT2D eigenvalue weighted by molar-refractivity contribution is 9.10. The van der Waals surface area contributed by atoms with E-state index in [0.717, 1.165) is 32.5 Å². The predicted molar refractivity (Wildman–Crippen MR) is 104 cm³/mol. The van der Waals surface area contributed by atoms with Gasteiger partial charge in [0.2, 0.25) is 11.8 Å². The summed E-state index contributed by atoms with van der Waals surface area (Å²) in [6, 6.07) is 11.8. The van der Waals surface area contributed by atoms with Crippen LogP contribution < -0.4 is 10.2 Å². The van der Waals surface area contributed by atoms with Crippen molar-refractivity contribution in [2.45, 2.75) is 27.2 Å². The average Bonchev–Trinajstić information content (AvgIpc) is 2.93. The quantitative estimate of drug-likeness (QED) is 0.831. The lowest BCUT2D eigenvalue weighted by molar-refractivity contribution is -0.122. The van der Waals surface area contributed by atoms with E-state index < -0.39 is 0 Å². The van der Waals surface area contributed by atoms with E-state index in [1.807, 2.05) is 57.2 Å². The molecule has 0 saturated carbocycles. The minimum Gasteiger partial charge on any atom is -0.325 e. The number of halogens is 1. The fourth-order valence-corrected chi connectivity index (χ4v) is 3.88. The molecule has 1 aliphatic rings. The topological polar surface area (TPSA) is 49.4 Å². The Morgan fingerprint density at radius 2 is 1.72 bits per heavy atom. The molecule has 1 heterocycles. The predicted octanol–water partition coefficient (Wildman–Crippen LogP) is 4.37. The van der Waals surface area contributed by atoms with Crippen LogP contribution in [0, 0.1) is 26.7 Å². The third-order valence-electron chi connectivity index (χ3n) is 4.59. The van der Waals surface area contributed by atoms with Crippen LogP contribution in [0.2, 0.25) is 0 Å². The van der Waals surface area contributed by atoms with Gasteiger partial charge in [-0.3, -0.25) is 9.59 Å². The molecule has 1 fully saturated rings. The second-order valence-corrected chi connectivity index (χ2v) is 7.56. The van der Waals surface area contributed by atoms with Crippen LogP contribution in [0.3, 0.4) is 0 Å². The highest BCUT2D eigenvalue weighted by Crippen LogP contribution is 2.29. The molecule has 3 rings (SSSR count). The smallest absolute Gasteiger partial charge is 0.229 e. The van der Waals surface area contributed by atoms with Gasteiger partial charge in [0.1, 0.15) is 0 Å². The van der Waals surface area contributed by atoms with Gasteiger partial charge in [-0.2, -0.15) is 0 Å². The van der Waals surface area contributed by atoms with Gasteiger partial charge in [-0.25, -0.2) is 0 Å². The van der Waals surface area contributed by atoms with Crippen LogP contribution in [-0.4, -0.2) is 18.4 Å². The van der Waals surface area contributed by atoms with Gasteiger partial charge in [-0.15, -0.1) is 0 Å². The first-order valence-electron chi connectivity index (χ1n) is 8.30. The molecule has 0 unspecified atom stereocenters. The van der Waals surface area contributed by atoms with Gasteiger partial charge in [0.05, 0.1) is 5.92 Å². The largest absolute Gasteiger partial charge is 0.325 e. The first-order chi connectivity index (χ1) is 11.8. The van der Waals surface area contributed by atoms with Crippen LogP contribution in [0.5, 0.6) is 0 Å². The van der Waals surface area contributed by atoms with Gasteiger partial charge in [0, 0.05) is 28.8 Å². The summed E-state index contributed by atoms with van der Waals surface area (Å²) in [5.74, 6) is -0.444. The first-order valence-corrected chi connectivity index (χ1v) is 9.09. The Labute approximate surface area is 156 Å². The highest BCUT2D eigenvalue weighted by atomic mass is 79.9. The van der Waals surface area contributed by atoms with Crippen LogP contribution in [0.4, 0.5) is 11.4 Å². The number of carbonyl (C=O) groups excluding carboxylic acids is 2. The summed E-state index contributed by atoms with van der Waals surface area (Å²) in [5.41, 5.74) is 4.82. The number of rotatable bonds is 3. The SMILES string of the molecule is Cc1ccc(N2C[C@@H](C(=O)Nc3c(C)cc(Br)cc3C)CC2=O)cc1. The van der Waals surface area contributed by atoms with Gasteiger partial charge in [-0.1, -0.05) is 33.6 Å². The molecule has 0 bridgehead atoms. The number of benzene rings is 2. The molecule has 2 amide bonds. The Balaban J connectivity index is 1.74. The monoisotopic (exact) mass is 400 g/mol. The number of nitrogens with zero attached hydrogens (tertiary/aromatic N) is 1. The normalized spacial score (nSPS) is 17.0. The maximum atomic E-state index is 12.7. The zero-order valence-corrected chi connectivity index (χ0v) is 16.2. The minimum atomic E-state index is -0.337. The zero-order valence-electron chi connectivity index (χ0n) is 14.6. The summed E-state index contributed by atoms with van der Waals surface area (Å²) >= 11 is 3.46. The van der Waals surface area contributed by atoms with Crippen LogP contribution in [-0.2, 0) is 9.59 Å². The first kappa shape index (κ1) is 17.7. The summed E-state index contributed by atoms with van der Waals surface area (Å²) in [4.78, 5) is 26.7. The van der Waals surface area contributed by atoms with Gasteiger partial charge in [0.25, 0.3) is 0 Å². The molecule has 5 heteroatoms. The Morgan fingerprint density at radius 1 is 1.12 bits per heavy atom. The molecule has 1 aliphatic heterocycles. The number of hydrogen-bond acceptors (Lipinski definition) is 2. The van der Waals surface area contributed by atoms with Crippen molar-refractivity contribution >= 4 is 39.1 Å². The lowest BCUT2D eigenvalue weighted by Gasteiger charge is -2.18. The van der Waals surface area contributed by atoms with Crippen LogP contribution >= 0.6 is 15.9 Å². The number of hydrogen-bond donors (Lipinski definition) is 1. The molecule has 0 radical (unpaired) electrons. The fraction of sp³-hybridized carbons (Fsp3) is 0.300. The van der Waals surface area contributed by atoms with Crippen LogP contribution in [0.1, 0.15) is 23.1 Å². The van der Waals surface area contributed by atoms with Crippen molar-refractivity contribution in [1.82, 2.24) is 0 Å². The Morgan fingerprint density at radius 3 is 2.32 bits per heavy atom. The second-order valence-electron chi connectivity index (χ2n) is 6.64. The van der Waals surface area contributed by atoms with Crippen molar-refractivity contribution in [3.05, 3.63) is 57.6 Å². The molecule has 25 heavy (non-hydrogen) atoms. The molecule has 4 nitrogen and oxygen atoms in total. The lowest BCUT2D eigenvalue weighted by Crippen LogP contribution is -2.28. The standard InChI is InChI=1S/C20H21BrN2O2/c1-12-4-6-17(7-5-12)23-11-15(10-18(23)24)20(25)22-19-13(2)8-16(21)9-14(19)3/h4-9,15H,10-11H2,1-3H3,(H,22,25)/t15-/m0/s1. The van der Waals surface area contributed by atoms with Crippen molar-refractivity contribution in [2.24, 2.45) is 5.92 Å². The van der Waals surface area contributed by atoms with Crippen LogP contribution in [0.15, 0.2) is 40.9 Å². The molecular formula is C20H21BrN2O2. The minimum absolute atomic E-state index is 0.00625. The van der Waals surface area contributed by atoms with Gasteiger partial charge in [0.15, 0.2) is 0 Å². The number of anilines is 2. The maximum Gasteiger partial charge on any atom is 0.229 e. The van der Waals surface area contributed by atoms with E-state index in [1.165, 1.54) is 0 Å². The zero-order chi connectivity index (χ0) is 18.1. The van der Waals surface area contributed by atoms with Crippen LogP contribution in [0.25, 0.3) is 0 Å². The summed E-state index contributed by atoms with van der Waals surface area (Å²) < 4.78 is 0.988. The molecule has 1 saturated heterocycles. The van der Waals surface area contributed by atoms with E-state index in [4.69, 9.17) is 0 Å². The summed E-state index contributed by atoms with van der Waals surface area (Å²) in [6.07, 6.45) is 0.244. The van der Waals surface area contributed by atoms with E-state index in [-0.39, 0.29) is 24.2 Å². The number of carbonyl (C=O) groups is 2. The van der Waals surface area contributed by atoms with Gasteiger partial charge >= 0.3 is 0 Å². The third kappa shape index (κ3) is 3.76. The summed E-state index contributed by atoms with van der Waals surface area (Å²) in [5, 5.41) is 3.01.